The molecule has 2 rings (SSSR count). The number of rotatable bonds is 0. The zero-order chi connectivity index (χ0) is 9.69. The molecule has 0 N–H and O–H groups in total. The number of aromatic nitrogens is 2. The Labute approximate surface area is 83.5 Å². The highest BCUT2D eigenvalue weighted by molar-refractivity contribution is 7.05. The Balaban J connectivity index is 2.48. The van der Waals surface area contributed by atoms with E-state index in [4.69, 9.17) is 0 Å². The molecule has 0 atom stereocenters. The van der Waals surface area contributed by atoms with Gasteiger partial charge in [0.15, 0.2) is 0 Å². The third kappa shape index (κ3) is 1.50. The van der Waals surface area contributed by atoms with Gasteiger partial charge in [0.1, 0.15) is 0 Å². The van der Waals surface area contributed by atoms with Crippen LogP contribution in [0.15, 0.2) is 0 Å². The third-order valence-corrected chi connectivity index (χ3v) is 3.87. The van der Waals surface area contributed by atoms with Crippen molar-refractivity contribution in [3.63, 3.8) is 0 Å². The van der Waals surface area contributed by atoms with Crippen LogP contribution in [0.4, 0.5) is 0 Å². The van der Waals surface area contributed by atoms with Gasteiger partial charge in [0, 0.05) is 5.41 Å². The van der Waals surface area contributed by atoms with Crippen LogP contribution in [0.3, 0.4) is 0 Å². The van der Waals surface area contributed by atoms with Gasteiger partial charge in [-0.2, -0.15) is 0 Å². The molecule has 0 aromatic carbocycles. The molecule has 0 spiro atoms. The molecule has 0 radical (unpaired) electrons. The van der Waals surface area contributed by atoms with Crippen LogP contribution in [0.5, 0.6) is 0 Å². The van der Waals surface area contributed by atoms with Crippen molar-refractivity contribution < 1.29 is 0 Å². The van der Waals surface area contributed by atoms with Crippen LogP contribution in [0.2, 0.25) is 0 Å². The standard InChI is InChI=1S/C10H16N2S/c1-9(2)5-7-8(13-12-11-7)10(3,4)6-9/h5-6H2,1-4H3. The van der Waals surface area contributed by atoms with E-state index in [-0.39, 0.29) is 5.41 Å². The Bertz CT molecular complexity index is 325. The molecule has 2 nitrogen and oxygen atoms in total. The van der Waals surface area contributed by atoms with Gasteiger partial charge in [0.25, 0.3) is 0 Å². The van der Waals surface area contributed by atoms with E-state index in [0.717, 1.165) is 6.42 Å². The minimum Gasteiger partial charge on any atom is -0.143 e. The summed E-state index contributed by atoms with van der Waals surface area (Å²) in [4.78, 5) is 1.40. The summed E-state index contributed by atoms with van der Waals surface area (Å²) in [5.74, 6) is 0. The molecule has 1 aliphatic rings. The van der Waals surface area contributed by atoms with Crippen molar-refractivity contribution in [1.82, 2.24) is 9.59 Å². The molecule has 1 heterocycles. The van der Waals surface area contributed by atoms with E-state index >= 15 is 0 Å². The second-order valence-corrected chi connectivity index (χ2v) is 6.20. The van der Waals surface area contributed by atoms with E-state index in [9.17, 15) is 0 Å². The van der Waals surface area contributed by atoms with Gasteiger partial charge >= 0.3 is 0 Å². The normalized spacial score (nSPS) is 24.0. The second kappa shape index (κ2) is 2.53. The molecule has 13 heavy (non-hydrogen) atoms. The Hall–Kier alpha value is -0.440. The predicted octanol–water partition coefficient (Wildman–Crippen LogP) is 2.79. The lowest BCUT2D eigenvalue weighted by atomic mass is 9.67. The molecule has 1 aromatic rings. The molecule has 0 aliphatic heterocycles. The maximum absolute atomic E-state index is 4.22. The summed E-state index contributed by atoms with van der Waals surface area (Å²) in [7, 11) is 0. The molecule has 0 unspecified atom stereocenters. The van der Waals surface area contributed by atoms with Crippen molar-refractivity contribution in [2.75, 3.05) is 0 Å². The highest BCUT2D eigenvalue weighted by Gasteiger charge is 2.39. The molecule has 0 amide bonds. The summed E-state index contributed by atoms with van der Waals surface area (Å²) in [5.41, 5.74) is 1.88. The van der Waals surface area contributed by atoms with E-state index in [1.807, 2.05) is 0 Å². The largest absolute Gasteiger partial charge is 0.143 e. The lowest BCUT2D eigenvalue weighted by Gasteiger charge is -2.38. The van der Waals surface area contributed by atoms with Crippen LogP contribution in [0, 0.1) is 5.41 Å². The number of hydrogen-bond acceptors (Lipinski definition) is 3. The second-order valence-electron chi connectivity index (χ2n) is 5.45. The monoisotopic (exact) mass is 196 g/mol. The minimum absolute atomic E-state index is 0.269. The van der Waals surface area contributed by atoms with Gasteiger partial charge in [-0.15, -0.1) is 5.10 Å². The predicted molar refractivity (Wildman–Crippen MR) is 55.0 cm³/mol. The summed E-state index contributed by atoms with van der Waals surface area (Å²) in [6.45, 7) is 9.23. The lowest BCUT2D eigenvalue weighted by Crippen LogP contribution is -2.33. The van der Waals surface area contributed by atoms with Crippen molar-refractivity contribution >= 4 is 11.5 Å². The smallest absolute Gasteiger partial charge is 0.0798 e. The van der Waals surface area contributed by atoms with Crippen molar-refractivity contribution in [2.45, 2.75) is 46.0 Å². The fraction of sp³-hybridized carbons (Fsp3) is 0.800. The van der Waals surface area contributed by atoms with Gasteiger partial charge in [-0.25, -0.2) is 0 Å². The molecule has 0 bridgehead atoms. The minimum atomic E-state index is 0.269. The number of fused-ring (bicyclic) bond motifs is 1. The average Bonchev–Trinajstić information content (AvgIpc) is 2.29. The van der Waals surface area contributed by atoms with Gasteiger partial charge < -0.3 is 0 Å². The van der Waals surface area contributed by atoms with Crippen LogP contribution in [0.1, 0.15) is 44.7 Å². The molecule has 3 heteroatoms. The summed E-state index contributed by atoms with van der Waals surface area (Å²) in [6.07, 6.45) is 2.32. The fourth-order valence-electron chi connectivity index (χ4n) is 2.63. The summed E-state index contributed by atoms with van der Waals surface area (Å²) in [6, 6.07) is 0. The first-order valence-electron chi connectivity index (χ1n) is 4.72. The topological polar surface area (TPSA) is 25.8 Å². The van der Waals surface area contributed by atoms with Crippen molar-refractivity contribution in [1.29, 1.82) is 0 Å². The third-order valence-electron chi connectivity index (χ3n) is 2.74. The van der Waals surface area contributed by atoms with Gasteiger partial charge in [0.05, 0.1) is 10.6 Å². The molecule has 0 saturated heterocycles. The van der Waals surface area contributed by atoms with E-state index in [1.54, 1.807) is 11.5 Å². The molecular formula is C10H16N2S. The molecule has 72 valence electrons. The fourth-order valence-corrected chi connectivity index (χ4v) is 3.39. The Morgan fingerprint density at radius 3 is 2.62 bits per heavy atom. The Morgan fingerprint density at radius 1 is 1.23 bits per heavy atom. The highest BCUT2D eigenvalue weighted by Crippen LogP contribution is 2.45. The van der Waals surface area contributed by atoms with Gasteiger partial charge in [-0.05, 0) is 29.8 Å². The zero-order valence-corrected chi connectivity index (χ0v) is 9.53. The first-order chi connectivity index (χ1) is 5.91. The Kier molecular flexibility index (Phi) is 1.78. The lowest BCUT2D eigenvalue weighted by molar-refractivity contribution is 0.232. The van der Waals surface area contributed by atoms with Crippen LogP contribution in [0.25, 0.3) is 0 Å². The molecular weight excluding hydrogens is 180 g/mol. The van der Waals surface area contributed by atoms with Crippen LogP contribution < -0.4 is 0 Å². The van der Waals surface area contributed by atoms with E-state index in [2.05, 4.69) is 37.3 Å². The molecule has 1 aliphatic carbocycles. The zero-order valence-electron chi connectivity index (χ0n) is 8.72. The van der Waals surface area contributed by atoms with Crippen molar-refractivity contribution in [3.8, 4) is 0 Å². The maximum Gasteiger partial charge on any atom is 0.0798 e. The average molecular weight is 196 g/mol. The summed E-state index contributed by atoms with van der Waals surface area (Å²) >= 11 is 1.57. The van der Waals surface area contributed by atoms with E-state index < -0.39 is 0 Å². The van der Waals surface area contributed by atoms with Crippen molar-refractivity contribution in [3.05, 3.63) is 10.6 Å². The first kappa shape index (κ1) is 9.13. The quantitative estimate of drug-likeness (QED) is 0.637. The molecule has 0 fully saturated rings. The molecule has 1 aromatic heterocycles. The van der Waals surface area contributed by atoms with Gasteiger partial charge in [-0.3, -0.25) is 0 Å². The SMILES string of the molecule is CC1(C)Cc2nnsc2C(C)(C)C1. The van der Waals surface area contributed by atoms with Gasteiger partial charge in [0.2, 0.25) is 0 Å². The highest BCUT2D eigenvalue weighted by atomic mass is 32.1. The van der Waals surface area contributed by atoms with E-state index in [0.29, 0.717) is 5.41 Å². The van der Waals surface area contributed by atoms with Crippen LogP contribution in [-0.4, -0.2) is 9.59 Å². The summed E-state index contributed by atoms with van der Waals surface area (Å²) < 4.78 is 4.06. The molecule has 0 saturated carbocycles. The van der Waals surface area contributed by atoms with Crippen LogP contribution >= 0.6 is 11.5 Å². The van der Waals surface area contributed by atoms with Crippen LogP contribution in [-0.2, 0) is 11.8 Å². The maximum atomic E-state index is 4.22. The van der Waals surface area contributed by atoms with Crippen molar-refractivity contribution in [2.24, 2.45) is 5.41 Å². The van der Waals surface area contributed by atoms with E-state index in [1.165, 1.54) is 17.0 Å². The first-order valence-corrected chi connectivity index (χ1v) is 5.50. The Morgan fingerprint density at radius 2 is 1.92 bits per heavy atom. The number of hydrogen-bond donors (Lipinski definition) is 0. The van der Waals surface area contributed by atoms with Gasteiger partial charge in [-0.1, -0.05) is 32.2 Å². The summed E-state index contributed by atoms with van der Waals surface area (Å²) in [5, 5.41) is 4.22. The number of nitrogens with zero attached hydrogens (tertiary/aromatic N) is 2.